The Morgan fingerprint density at radius 3 is 2.44 bits per heavy atom. The SMILES string of the molecule is CN(CC(=O)N1CCC(N2CCC(O)CC2)CC1)Cc1ccncc1. The Hall–Kier alpha value is -1.50. The second-order valence-corrected chi connectivity index (χ2v) is 7.41. The molecular weight excluding hydrogens is 316 g/mol. The van der Waals surface area contributed by atoms with E-state index in [1.807, 2.05) is 24.1 Å². The average Bonchev–Trinajstić information content (AvgIpc) is 2.63. The molecule has 0 unspecified atom stereocenters. The van der Waals surface area contributed by atoms with Crippen LogP contribution in [0.25, 0.3) is 0 Å². The lowest BCUT2D eigenvalue weighted by molar-refractivity contribution is -0.133. The highest BCUT2D eigenvalue weighted by molar-refractivity contribution is 5.78. The topological polar surface area (TPSA) is 59.9 Å². The van der Waals surface area contributed by atoms with Crippen LogP contribution in [0.2, 0.25) is 0 Å². The van der Waals surface area contributed by atoms with Crippen LogP contribution < -0.4 is 0 Å². The van der Waals surface area contributed by atoms with Crippen molar-refractivity contribution in [3.63, 3.8) is 0 Å². The lowest BCUT2D eigenvalue weighted by Crippen LogP contribution is -2.50. The van der Waals surface area contributed by atoms with E-state index in [1.54, 1.807) is 12.4 Å². The fraction of sp³-hybridized carbons (Fsp3) is 0.684. The Kier molecular flexibility index (Phi) is 6.39. The summed E-state index contributed by atoms with van der Waals surface area (Å²) in [4.78, 5) is 23.2. The zero-order valence-corrected chi connectivity index (χ0v) is 15.2. The Bertz CT molecular complexity index is 538. The van der Waals surface area contributed by atoms with Crippen LogP contribution in [0.5, 0.6) is 0 Å². The van der Waals surface area contributed by atoms with Gasteiger partial charge in [0.15, 0.2) is 0 Å². The van der Waals surface area contributed by atoms with Gasteiger partial charge < -0.3 is 14.9 Å². The number of likely N-dealkylation sites (N-methyl/N-ethyl adjacent to an activating group) is 1. The summed E-state index contributed by atoms with van der Waals surface area (Å²) in [5, 5.41) is 9.64. The summed E-state index contributed by atoms with van der Waals surface area (Å²) in [6, 6.07) is 4.55. The molecule has 1 aromatic rings. The van der Waals surface area contributed by atoms with Crippen molar-refractivity contribution in [3.05, 3.63) is 30.1 Å². The van der Waals surface area contributed by atoms with Gasteiger partial charge in [0, 0.05) is 51.2 Å². The van der Waals surface area contributed by atoms with E-state index >= 15 is 0 Å². The first-order valence-electron chi connectivity index (χ1n) is 9.39. The van der Waals surface area contributed by atoms with Gasteiger partial charge in [-0.2, -0.15) is 0 Å². The van der Waals surface area contributed by atoms with E-state index in [4.69, 9.17) is 0 Å². The maximum atomic E-state index is 12.5. The molecule has 3 rings (SSSR count). The zero-order valence-electron chi connectivity index (χ0n) is 15.2. The molecule has 0 radical (unpaired) electrons. The highest BCUT2D eigenvalue weighted by Gasteiger charge is 2.29. The Labute approximate surface area is 150 Å². The standard InChI is InChI=1S/C19H30N4O2/c1-21(14-16-2-8-20-9-3-16)15-19(25)23-10-4-17(5-11-23)22-12-6-18(24)7-13-22/h2-3,8-9,17-18,24H,4-7,10-15H2,1H3. The van der Waals surface area contributed by atoms with Gasteiger partial charge in [0.25, 0.3) is 0 Å². The molecule has 1 aromatic heterocycles. The van der Waals surface area contributed by atoms with Crippen molar-refractivity contribution in [1.29, 1.82) is 0 Å². The summed E-state index contributed by atoms with van der Waals surface area (Å²) in [7, 11) is 1.99. The van der Waals surface area contributed by atoms with E-state index in [0.717, 1.165) is 58.4 Å². The first-order valence-corrected chi connectivity index (χ1v) is 9.39. The van der Waals surface area contributed by atoms with E-state index in [9.17, 15) is 9.90 Å². The fourth-order valence-electron chi connectivity index (χ4n) is 3.92. The summed E-state index contributed by atoms with van der Waals surface area (Å²) >= 11 is 0. The molecule has 6 heteroatoms. The summed E-state index contributed by atoms with van der Waals surface area (Å²) in [6.07, 6.45) is 7.34. The van der Waals surface area contributed by atoms with E-state index in [1.165, 1.54) is 5.56 Å². The number of aromatic nitrogens is 1. The second kappa shape index (κ2) is 8.74. The van der Waals surface area contributed by atoms with Gasteiger partial charge in [0.05, 0.1) is 12.6 Å². The molecule has 0 bridgehead atoms. The van der Waals surface area contributed by atoms with Crippen LogP contribution >= 0.6 is 0 Å². The largest absolute Gasteiger partial charge is 0.393 e. The fourth-order valence-corrected chi connectivity index (χ4v) is 3.92. The minimum Gasteiger partial charge on any atom is -0.393 e. The molecule has 1 N–H and O–H groups in total. The summed E-state index contributed by atoms with van der Waals surface area (Å²) in [6.45, 7) is 4.92. The number of aliphatic hydroxyl groups excluding tert-OH is 1. The van der Waals surface area contributed by atoms with E-state index in [0.29, 0.717) is 12.6 Å². The lowest BCUT2D eigenvalue weighted by atomic mass is 9.99. The zero-order chi connectivity index (χ0) is 17.6. The monoisotopic (exact) mass is 346 g/mol. The third kappa shape index (κ3) is 5.23. The van der Waals surface area contributed by atoms with Gasteiger partial charge in [-0.15, -0.1) is 0 Å². The van der Waals surface area contributed by atoms with Crippen LogP contribution in [0.3, 0.4) is 0 Å². The molecule has 2 aliphatic heterocycles. The number of piperidine rings is 2. The summed E-state index contributed by atoms with van der Waals surface area (Å²) in [5.74, 6) is 0.226. The molecule has 0 atom stereocenters. The number of nitrogens with zero attached hydrogens (tertiary/aromatic N) is 4. The van der Waals surface area contributed by atoms with E-state index in [2.05, 4.69) is 14.8 Å². The average molecular weight is 346 g/mol. The minimum atomic E-state index is -0.117. The smallest absolute Gasteiger partial charge is 0.236 e. The van der Waals surface area contributed by atoms with Gasteiger partial charge in [0.2, 0.25) is 5.91 Å². The van der Waals surface area contributed by atoms with Gasteiger partial charge in [0.1, 0.15) is 0 Å². The second-order valence-electron chi connectivity index (χ2n) is 7.41. The third-order valence-electron chi connectivity index (χ3n) is 5.44. The van der Waals surface area contributed by atoms with Crippen LogP contribution in [-0.4, -0.2) is 82.6 Å². The lowest BCUT2D eigenvalue weighted by Gasteiger charge is -2.41. The Balaban J connectivity index is 1.40. The minimum absolute atomic E-state index is 0.117. The van der Waals surface area contributed by atoms with Crippen molar-refractivity contribution < 1.29 is 9.90 Å². The molecule has 6 nitrogen and oxygen atoms in total. The van der Waals surface area contributed by atoms with Gasteiger partial charge >= 0.3 is 0 Å². The number of hydrogen-bond acceptors (Lipinski definition) is 5. The molecule has 2 fully saturated rings. The summed E-state index contributed by atoms with van der Waals surface area (Å²) < 4.78 is 0. The predicted octanol–water partition coefficient (Wildman–Crippen LogP) is 0.961. The van der Waals surface area contributed by atoms with Gasteiger partial charge in [-0.05, 0) is 50.4 Å². The van der Waals surface area contributed by atoms with Crippen LogP contribution in [0.4, 0.5) is 0 Å². The van der Waals surface area contributed by atoms with Crippen molar-refractivity contribution >= 4 is 5.91 Å². The van der Waals surface area contributed by atoms with Crippen molar-refractivity contribution in [1.82, 2.24) is 19.7 Å². The predicted molar refractivity (Wildman–Crippen MR) is 97.0 cm³/mol. The molecular formula is C19H30N4O2. The van der Waals surface area contributed by atoms with E-state index < -0.39 is 0 Å². The number of pyridine rings is 1. The highest BCUT2D eigenvalue weighted by Crippen LogP contribution is 2.21. The quantitative estimate of drug-likeness (QED) is 0.861. The Morgan fingerprint density at radius 2 is 1.80 bits per heavy atom. The van der Waals surface area contributed by atoms with Crippen LogP contribution in [-0.2, 0) is 11.3 Å². The molecule has 138 valence electrons. The number of carbonyl (C=O) groups excluding carboxylic acids is 1. The van der Waals surface area contributed by atoms with Gasteiger partial charge in [-0.3, -0.25) is 14.7 Å². The number of amides is 1. The normalized spacial score (nSPS) is 21.0. The van der Waals surface area contributed by atoms with E-state index in [-0.39, 0.29) is 12.0 Å². The van der Waals surface area contributed by atoms with Crippen LogP contribution in [0, 0.1) is 0 Å². The maximum absolute atomic E-state index is 12.5. The molecule has 0 aromatic carbocycles. The third-order valence-corrected chi connectivity index (χ3v) is 5.44. The molecule has 2 saturated heterocycles. The molecule has 0 saturated carbocycles. The first-order chi connectivity index (χ1) is 12.1. The maximum Gasteiger partial charge on any atom is 0.236 e. The number of rotatable bonds is 5. The Morgan fingerprint density at radius 1 is 1.16 bits per heavy atom. The van der Waals surface area contributed by atoms with Crippen LogP contribution in [0.15, 0.2) is 24.5 Å². The van der Waals surface area contributed by atoms with Crippen molar-refractivity contribution in [3.8, 4) is 0 Å². The molecule has 25 heavy (non-hydrogen) atoms. The molecule has 0 spiro atoms. The van der Waals surface area contributed by atoms with Gasteiger partial charge in [-0.1, -0.05) is 0 Å². The number of carbonyl (C=O) groups is 1. The highest BCUT2D eigenvalue weighted by atomic mass is 16.3. The number of aliphatic hydroxyl groups is 1. The molecule has 2 aliphatic rings. The number of likely N-dealkylation sites (tertiary alicyclic amines) is 2. The first kappa shape index (κ1) is 18.3. The molecule has 1 amide bonds. The van der Waals surface area contributed by atoms with Crippen molar-refractivity contribution in [2.24, 2.45) is 0 Å². The number of hydrogen-bond donors (Lipinski definition) is 1. The summed E-state index contributed by atoms with van der Waals surface area (Å²) in [5.41, 5.74) is 1.18. The molecule has 3 heterocycles. The van der Waals surface area contributed by atoms with Crippen molar-refractivity contribution in [2.45, 2.75) is 44.4 Å². The molecule has 0 aliphatic carbocycles. The van der Waals surface area contributed by atoms with Crippen molar-refractivity contribution in [2.75, 3.05) is 39.8 Å². The van der Waals surface area contributed by atoms with Gasteiger partial charge in [-0.25, -0.2) is 0 Å². The van der Waals surface area contributed by atoms with Crippen LogP contribution in [0.1, 0.15) is 31.2 Å².